The van der Waals surface area contributed by atoms with Crippen molar-refractivity contribution >= 4 is 12.4 Å². The van der Waals surface area contributed by atoms with Gasteiger partial charge in [-0.05, 0) is 0 Å². The minimum Gasteiger partial charge on any atom is -0.445 e. The summed E-state index contributed by atoms with van der Waals surface area (Å²) in [6.07, 6.45) is -2.08. The molecule has 0 spiro atoms. The standard InChI is InChI=1S/C2HF2.ClH.Zn/c1-2(3)4;;/h1H;1H;/q-1;;. The molecular weight excluding hydrogens is 163 g/mol. The van der Waals surface area contributed by atoms with Gasteiger partial charge in [-0.15, -0.1) is 12.4 Å². The third kappa shape index (κ3) is 211. The van der Waals surface area contributed by atoms with E-state index in [1.807, 2.05) is 0 Å². The Morgan fingerprint density at radius 1 is 1.33 bits per heavy atom. The topological polar surface area (TPSA) is 0 Å². The van der Waals surface area contributed by atoms with Crippen LogP contribution in [0.1, 0.15) is 0 Å². The first kappa shape index (κ1) is 16.0. The van der Waals surface area contributed by atoms with Crippen molar-refractivity contribution in [1.82, 2.24) is 0 Å². The van der Waals surface area contributed by atoms with Crippen molar-refractivity contribution in [2.24, 2.45) is 0 Å². The molecule has 34 valence electrons. The van der Waals surface area contributed by atoms with Gasteiger partial charge < -0.3 is 6.58 Å². The van der Waals surface area contributed by atoms with Crippen molar-refractivity contribution in [2.45, 2.75) is 0 Å². The summed E-state index contributed by atoms with van der Waals surface area (Å²) >= 11 is 0. The zero-order valence-electron chi connectivity index (χ0n) is 2.95. The summed E-state index contributed by atoms with van der Waals surface area (Å²) in [4.78, 5) is 0. The molecule has 0 atom stereocenters. The fourth-order valence-corrected chi connectivity index (χ4v) is 0. The van der Waals surface area contributed by atoms with Gasteiger partial charge in [0.1, 0.15) is 0 Å². The van der Waals surface area contributed by atoms with Crippen molar-refractivity contribution in [1.29, 1.82) is 0 Å². The molecule has 0 unspecified atom stereocenters. The van der Waals surface area contributed by atoms with E-state index in [1.54, 1.807) is 0 Å². The van der Waals surface area contributed by atoms with Crippen LogP contribution in [0.3, 0.4) is 0 Å². The van der Waals surface area contributed by atoms with Gasteiger partial charge in [0.15, 0.2) is 0 Å². The van der Waals surface area contributed by atoms with Crippen LogP contribution in [0.5, 0.6) is 0 Å². The van der Waals surface area contributed by atoms with Gasteiger partial charge in [-0.2, -0.15) is 0 Å². The molecule has 0 N–H and O–H groups in total. The molecular formula is C2H2ClF2Zn-. The van der Waals surface area contributed by atoms with Crippen LogP contribution < -0.4 is 0 Å². The van der Waals surface area contributed by atoms with E-state index in [4.69, 9.17) is 0 Å². The molecule has 0 saturated heterocycles. The first-order chi connectivity index (χ1) is 1.73. The molecule has 0 heterocycles. The smallest absolute Gasteiger partial charge is 0.0884 e. The van der Waals surface area contributed by atoms with E-state index in [9.17, 15) is 8.78 Å². The van der Waals surface area contributed by atoms with E-state index in [1.165, 1.54) is 0 Å². The van der Waals surface area contributed by atoms with Crippen LogP contribution in [0.2, 0.25) is 0 Å². The Labute approximate surface area is 53.8 Å². The zero-order valence-corrected chi connectivity index (χ0v) is 6.73. The van der Waals surface area contributed by atoms with Crippen molar-refractivity contribution in [3.63, 3.8) is 0 Å². The van der Waals surface area contributed by atoms with E-state index >= 15 is 0 Å². The van der Waals surface area contributed by atoms with Gasteiger partial charge in [-0.3, -0.25) is 0 Å². The second kappa shape index (κ2) is 9.10. The van der Waals surface area contributed by atoms with Crippen molar-refractivity contribution in [3.05, 3.63) is 12.7 Å². The summed E-state index contributed by atoms with van der Waals surface area (Å²) in [5.41, 5.74) is 0. The molecule has 0 aliphatic carbocycles. The molecule has 0 nitrogen and oxygen atoms in total. The Kier molecular flexibility index (Phi) is 24.3. The van der Waals surface area contributed by atoms with Crippen molar-refractivity contribution < 1.29 is 28.3 Å². The van der Waals surface area contributed by atoms with Gasteiger partial charge >= 0.3 is 0 Å². The maximum Gasteiger partial charge on any atom is 0.0884 e. The molecule has 0 fully saturated rings. The van der Waals surface area contributed by atoms with Crippen molar-refractivity contribution in [3.8, 4) is 0 Å². The van der Waals surface area contributed by atoms with E-state index in [0.29, 0.717) is 0 Å². The Bertz CT molecular complexity index is 34.5. The molecule has 0 saturated carbocycles. The van der Waals surface area contributed by atoms with E-state index in [2.05, 4.69) is 6.58 Å². The van der Waals surface area contributed by atoms with Gasteiger partial charge in [0.05, 0.1) is 6.08 Å². The average Bonchev–Trinajstić information content (AvgIpc) is 0.811. The second-order valence-corrected chi connectivity index (χ2v) is 0.290. The predicted octanol–water partition coefficient (Wildman–Crippen LogP) is 1.62. The molecule has 0 aromatic carbocycles. The minimum absolute atomic E-state index is 0. The maximum absolute atomic E-state index is 10.0. The van der Waals surface area contributed by atoms with Gasteiger partial charge in [-0.25, -0.2) is 8.78 Å². The summed E-state index contributed by atoms with van der Waals surface area (Å²) in [5.74, 6) is 0. The SMILES string of the molecule is Cl.[CH-]=C(F)F.[Zn]. The molecule has 0 amide bonds. The molecule has 0 aromatic rings. The first-order valence-electron chi connectivity index (χ1n) is 0.667. The largest absolute Gasteiger partial charge is 0.445 e. The fraction of sp³-hybridized carbons (Fsp3) is 0. The maximum atomic E-state index is 10.0. The third-order valence-electron chi connectivity index (χ3n) is 0. The van der Waals surface area contributed by atoms with Gasteiger partial charge in [0.2, 0.25) is 0 Å². The minimum atomic E-state index is -2.08. The summed E-state index contributed by atoms with van der Waals surface area (Å²) in [7, 11) is 0. The van der Waals surface area contributed by atoms with Crippen LogP contribution in [0.4, 0.5) is 8.78 Å². The van der Waals surface area contributed by atoms with Gasteiger partial charge in [0.25, 0.3) is 0 Å². The van der Waals surface area contributed by atoms with Gasteiger partial charge in [-0.1, -0.05) is 0 Å². The first-order valence-corrected chi connectivity index (χ1v) is 0.667. The zero-order chi connectivity index (χ0) is 3.58. The molecule has 0 aliphatic rings. The average molecular weight is 165 g/mol. The Balaban J connectivity index is -0.0000000450. The number of hydrogen-bond acceptors (Lipinski definition) is 0. The quantitative estimate of drug-likeness (QED) is 0.377. The van der Waals surface area contributed by atoms with Crippen molar-refractivity contribution in [2.75, 3.05) is 0 Å². The number of rotatable bonds is 0. The predicted molar refractivity (Wildman–Crippen MR) is 17.3 cm³/mol. The number of hydrogen-bond donors (Lipinski definition) is 0. The fourth-order valence-electron chi connectivity index (χ4n) is 0. The van der Waals surface area contributed by atoms with E-state index < -0.39 is 6.08 Å². The monoisotopic (exact) mass is 163 g/mol. The Morgan fingerprint density at radius 2 is 1.33 bits per heavy atom. The van der Waals surface area contributed by atoms with Crippen LogP contribution in [0, 0.1) is 6.58 Å². The molecule has 0 aromatic heterocycles. The van der Waals surface area contributed by atoms with Gasteiger partial charge in [0, 0.05) is 19.5 Å². The Morgan fingerprint density at radius 3 is 1.33 bits per heavy atom. The van der Waals surface area contributed by atoms with E-state index in [0.717, 1.165) is 0 Å². The second-order valence-electron chi connectivity index (χ2n) is 0.290. The summed E-state index contributed by atoms with van der Waals surface area (Å²) in [5, 5.41) is 0. The summed E-state index contributed by atoms with van der Waals surface area (Å²) in [6.45, 7) is 3.69. The van der Waals surface area contributed by atoms with Crippen LogP contribution >= 0.6 is 12.4 Å². The summed E-state index contributed by atoms with van der Waals surface area (Å²) < 4.78 is 20.1. The molecule has 0 rings (SSSR count). The molecule has 0 radical (unpaired) electrons. The van der Waals surface area contributed by atoms with E-state index in [-0.39, 0.29) is 31.9 Å². The molecule has 6 heavy (non-hydrogen) atoms. The molecule has 0 aliphatic heterocycles. The summed E-state index contributed by atoms with van der Waals surface area (Å²) in [6, 6.07) is 0. The number of halogens is 3. The van der Waals surface area contributed by atoms with Crippen LogP contribution in [-0.2, 0) is 19.5 Å². The van der Waals surface area contributed by atoms with Crippen LogP contribution in [0.25, 0.3) is 0 Å². The third-order valence-corrected chi connectivity index (χ3v) is 0. The van der Waals surface area contributed by atoms with Crippen LogP contribution in [0.15, 0.2) is 6.08 Å². The Hall–Kier alpha value is 0.513. The normalized spacial score (nSPS) is 4.33. The molecule has 4 heteroatoms. The molecule has 0 bridgehead atoms. The van der Waals surface area contributed by atoms with Crippen LogP contribution in [-0.4, -0.2) is 0 Å².